The van der Waals surface area contributed by atoms with E-state index >= 15 is 0 Å². The normalized spacial score (nSPS) is 12.0. The van der Waals surface area contributed by atoms with Crippen LogP contribution in [0.5, 0.6) is 11.5 Å². The molecule has 0 saturated heterocycles. The van der Waals surface area contributed by atoms with Crippen LogP contribution in [0.25, 0.3) is 0 Å². The van der Waals surface area contributed by atoms with E-state index in [-0.39, 0.29) is 6.04 Å². The fourth-order valence-electron chi connectivity index (χ4n) is 1.80. The predicted octanol–water partition coefficient (Wildman–Crippen LogP) is 2.56. The highest BCUT2D eigenvalue weighted by molar-refractivity contribution is 5.42. The van der Waals surface area contributed by atoms with Crippen molar-refractivity contribution in [1.29, 1.82) is 0 Å². The summed E-state index contributed by atoms with van der Waals surface area (Å²) in [5.41, 5.74) is 4.94. The third kappa shape index (κ3) is 3.48. The molecule has 0 heterocycles. The van der Waals surface area contributed by atoms with Gasteiger partial charge in [0.1, 0.15) is 11.5 Å². The molecule has 1 unspecified atom stereocenters. The molecule has 1 atom stereocenters. The Morgan fingerprint density at radius 2 is 2.11 bits per heavy atom. The summed E-state index contributed by atoms with van der Waals surface area (Å²) in [6.07, 6.45) is 1.71. The van der Waals surface area contributed by atoms with Crippen molar-refractivity contribution < 1.29 is 9.47 Å². The van der Waals surface area contributed by atoms with E-state index in [0.717, 1.165) is 35.5 Å². The van der Waals surface area contributed by atoms with E-state index in [0.29, 0.717) is 0 Å². The van der Waals surface area contributed by atoms with E-state index in [1.54, 1.807) is 14.2 Å². The first kappa shape index (κ1) is 14.5. The highest BCUT2D eigenvalue weighted by Gasteiger charge is 2.16. The third-order valence-corrected chi connectivity index (χ3v) is 3.01. The summed E-state index contributed by atoms with van der Waals surface area (Å²) in [6.45, 7) is 6.10. The van der Waals surface area contributed by atoms with E-state index in [1.807, 2.05) is 18.2 Å². The summed E-state index contributed by atoms with van der Waals surface area (Å²) in [4.78, 5) is 0. The number of rotatable bonds is 7. The van der Waals surface area contributed by atoms with E-state index in [9.17, 15) is 0 Å². The van der Waals surface area contributed by atoms with Crippen molar-refractivity contribution in [1.82, 2.24) is 5.43 Å². The largest absolute Gasteiger partial charge is 0.497 e. The minimum Gasteiger partial charge on any atom is -0.497 e. The molecule has 4 nitrogen and oxygen atoms in total. The van der Waals surface area contributed by atoms with Crippen LogP contribution in [-0.2, 0) is 0 Å². The molecule has 1 aromatic carbocycles. The zero-order chi connectivity index (χ0) is 13.5. The molecule has 3 N–H and O–H groups in total. The second kappa shape index (κ2) is 7.03. The van der Waals surface area contributed by atoms with Crippen molar-refractivity contribution in [3.8, 4) is 11.5 Å². The quantitative estimate of drug-likeness (QED) is 0.443. The van der Waals surface area contributed by atoms with Crippen LogP contribution in [0.3, 0.4) is 0 Å². The van der Waals surface area contributed by atoms with Crippen molar-refractivity contribution in [3.05, 3.63) is 35.9 Å². The van der Waals surface area contributed by atoms with Gasteiger partial charge < -0.3 is 9.47 Å². The van der Waals surface area contributed by atoms with Crippen molar-refractivity contribution in [3.63, 3.8) is 0 Å². The summed E-state index contributed by atoms with van der Waals surface area (Å²) in [7, 11) is 3.29. The number of hydrogen-bond acceptors (Lipinski definition) is 4. The number of nitrogens with one attached hydrogen (secondary N) is 1. The maximum Gasteiger partial charge on any atom is 0.123 e. The second-order valence-electron chi connectivity index (χ2n) is 4.13. The van der Waals surface area contributed by atoms with Crippen LogP contribution >= 0.6 is 0 Å². The number of methoxy groups -OCH3 is 2. The number of benzene rings is 1. The standard InChI is InChI=1S/C14H22N2O2/c1-5-10(2)8-13(16-15)12-9-11(17-3)6-7-14(12)18-4/h6-7,9,13,16H,2,5,8,15H2,1,3-4H3. The molecule has 0 radical (unpaired) electrons. The molecule has 1 rings (SSSR count). The van der Waals surface area contributed by atoms with Crippen LogP contribution in [0.2, 0.25) is 0 Å². The summed E-state index contributed by atoms with van der Waals surface area (Å²) in [6, 6.07) is 5.66. The average molecular weight is 250 g/mol. The first-order chi connectivity index (χ1) is 8.65. The minimum absolute atomic E-state index is 0.0255. The highest BCUT2D eigenvalue weighted by Crippen LogP contribution is 2.32. The van der Waals surface area contributed by atoms with Gasteiger partial charge in [-0.3, -0.25) is 11.3 Å². The van der Waals surface area contributed by atoms with Gasteiger partial charge in [0.25, 0.3) is 0 Å². The van der Waals surface area contributed by atoms with Crippen LogP contribution in [0.15, 0.2) is 30.4 Å². The van der Waals surface area contributed by atoms with Crippen LogP contribution in [0.4, 0.5) is 0 Å². The first-order valence-corrected chi connectivity index (χ1v) is 6.00. The third-order valence-electron chi connectivity index (χ3n) is 3.01. The van der Waals surface area contributed by atoms with Crippen LogP contribution in [-0.4, -0.2) is 14.2 Å². The van der Waals surface area contributed by atoms with E-state index in [1.165, 1.54) is 0 Å². The predicted molar refractivity (Wildman–Crippen MR) is 73.7 cm³/mol. The monoisotopic (exact) mass is 250 g/mol. The van der Waals surface area contributed by atoms with Gasteiger partial charge in [0.15, 0.2) is 0 Å². The lowest BCUT2D eigenvalue weighted by atomic mass is 9.98. The maximum absolute atomic E-state index is 5.64. The van der Waals surface area contributed by atoms with Crippen molar-refractivity contribution in [2.45, 2.75) is 25.8 Å². The molecule has 1 aromatic rings. The van der Waals surface area contributed by atoms with Gasteiger partial charge in [-0.15, -0.1) is 0 Å². The van der Waals surface area contributed by atoms with Crippen molar-refractivity contribution in [2.24, 2.45) is 5.84 Å². The molecule has 0 aromatic heterocycles. The summed E-state index contributed by atoms with van der Waals surface area (Å²) < 4.78 is 10.6. The Bertz CT molecular complexity index is 405. The van der Waals surface area contributed by atoms with Crippen LogP contribution in [0.1, 0.15) is 31.4 Å². The van der Waals surface area contributed by atoms with Gasteiger partial charge in [0.2, 0.25) is 0 Å². The van der Waals surface area contributed by atoms with Crippen LogP contribution in [0, 0.1) is 0 Å². The Morgan fingerprint density at radius 1 is 1.39 bits per heavy atom. The topological polar surface area (TPSA) is 56.5 Å². The van der Waals surface area contributed by atoms with Crippen molar-refractivity contribution >= 4 is 0 Å². The van der Waals surface area contributed by atoms with Gasteiger partial charge >= 0.3 is 0 Å². The molecule has 0 bridgehead atoms. The van der Waals surface area contributed by atoms with Gasteiger partial charge in [-0.1, -0.05) is 19.1 Å². The summed E-state index contributed by atoms with van der Waals surface area (Å²) >= 11 is 0. The minimum atomic E-state index is -0.0255. The highest BCUT2D eigenvalue weighted by atomic mass is 16.5. The number of ether oxygens (including phenoxy) is 2. The summed E-state index contributed by atoms with van der Waals surface area (Å²) in [5.74, 6) is 7.21. The molecule has 0 spiro atoms. The first-order valence-electron chi connectivity index (χ1n) is 6.00. The molecule has 0 saturated carbocycles. The lowest BCUT2D eigenvalue weighted by molar-refractivity contribution is 0.389. The molecule has 4 heteroatoms. The molecule has 0 aliphatic rings. The molecule has 0 aliphatic carbocycles. The van der Waals surface area contributed by atoms with E-state index in [2.05, 4.69) is 18.9 Å². The molecule has 18 heavy (non-hydrogen) atoms. The van der Waals surface area contributed by atoms with E-state index in [4.69, 9.17) is 15.3 Å². The Kier molecular flexibility index (Phi) is 5.68. The van der Waals surface area contributed by atoms with Gasteiger partial charge in [0, 0.05) is 5.56 Å². The number of nitrogens with two attached hydrogens (primary N) is 1. The number of hydrogen-bond donors (Lipinski definition) is 2. The van der Waals surface area contributed by atoms with Gasteiger partial charge in [-0.2, -0.15) is 0 Å². The molecule has 100 valence electrons. The molecular weight excluding hydrogens is 228 g/mol. The Labute approximate surface area is 109 Å². The molecule has 0 aliphatic heterocycles. The fraction of sp³-hybridized carbons (Fsp3) is 0.429. The Balaban J connectivity index is 3.05. The smallest absolute Gasteiger partial charge is 0.123 e. The molecule has 0 amide bonds. The van der Waals surface area contributed by atoms with Gasteiger partial charge in [-0.25, -0.2) is 0 Å². The van der Waals surface area contributed by atoms with Gasteiger partial charge in [-0.05, 0) is 31.0 Å². The zero-order valence-corrected chi connectivity index (χ0v) is 11.3. The molecule has 0 fully saturated rings. The zero-order valence-electron chi connectivity index (χ0n) is 11.3. The van der Waals surface area contributed by atoms with Gasteiger partial charge in [0.05, 0.1) is 20.3 Å². The molecular formula is C14H22N2O2. The SMILES string of the molecule is C=C(CC)CC(NN)c1cc(OC)ccc1OC. The maximum atomic E-state index is 5.64. The average Bonchev–Trinajstić information content (AvgIpc) is 2.43. The second-order valence-corrected chi connectivity index (χ2v) is 4.13. The van der Waals surface area contributed by atoms with Crippen molar-refractivity contribution in [2.75, 3.05) is 14.2 Å². The fourth-order valence-corrected chi connectivity index (χ4v) is 1.80. The lowest BCUT2D eigenvalue weighted by Crippen LogP contribution is -2.28. The summed E-state index contributed by atoms with van der Waals surface area (Å²) in [5, 5.41) is 0. The van der Waals surface area contributed by atoms with Crippen LogP contribution < -0.4 is 20.7 Å². The number of hydrazine groups is 1. The Morgan fingerprint density at radius 3 is 2.61 bits per heavy atom. The lowest BCUT2D eigenvalue weighted by Gasteiger charge is -2.20. The van der Waals surface area contributed by atoms with E-state index < -0.39 is 0 Å². The Hall–Kier alpha value is -1.52.